The summed E-state index contributed by atoms with van der Waals surface area (Å²) in [6.07, 6.45) is 0. The average Bonchev–Trinajstić information content (AvgIpc) is 2.90. The summed E-state index contributed by atoms with van der Waals surface area (Å²) in [5.74, 6) is 1.77. The van der Waals surface area contributed by atoms with E-state index in [0.717, 1.165) is 11.5 Å². The summed E-state index contributed by atoms with van der Waals surface area (Å²) >= 11 is -1.72. The van der Waals surface area contributed by atoms with Crippen molar-refractivity contribution in [1.29, 1.82) is 0 Å². The van der Waals surface area contributed by atoms with Crippen LogP contribution in [0.3, 0.4) is 0 Å². The zero-order chi connectivity index (χ0) is 24.6. The molecular weight excluding hydrogens is 511 g/mol. The van der Waals surface area contributed by atoms with Crippen LogP contribution < -0.4 is 22.9 Å². The van der Waals surface area contributed by atoms with Gasteiger partial charge in [-0.25, -0.2) is 0 Å². The first-order valence-corrected chi connectivity index (χ1v) is 14.3. The van der Waals surface area contributed by atoms with Crippen molar-refractivity contribution in [2.45, 2.75) is 0 Å². The molecule has 0 aromatic heterocycles. The molecule has 0 aliphatic heterocycles. The van der Waals surface area contributed by atoms with Crippen molar-refractivity contribution in [1.82, 2.24) is 0 Å². The molecule has 0 heterocycles. The van der Waals surface area contributed by atoms with Crippen molar-refractivity contribution >= 4 is 27.3 Å². The molecule has 0 aliphatic carbocycles. The molecule has 6 nitrogen and oxygen atoms in total. The van der Waals surface area contributed by atoms with Gasteiger partial charge in [0.05, 0.1) is 0 Å². The molecule has 0 amide bonds. The maximum atomic E-state index is 6.21. The Hall–Kier alpha value is -2.38. The van der Waals surface area contributed by atoms with Crippen LogP contribution in [0.5, 0.6) is 11.5 Å². The van der Waals surface area contributed by atoms with Gasteiger partial charge in [0.1, 0.15) is 0 Å². The number of hydrogen-bond acceptors (Lipinski definition) is 6. The Labute approximate surface area is 213 Å². The Morgan fingerprint density at radius 3 is 1.40 bits per heavy atom. The molecule has 0 unspecified atom stereocenters. The van der Waals surface area contributed by atoms with E-state index < -0.39 is 13.9 Å². The van der Waals surface area contributed by atoms with Crippen LogP contribution in [0.25, 0.3) is 0 Å². The van der Waals surface area contributed by atoms with Gasteiger partial charge in [0.25, 0.3) is 0 Å². The molecule has 3 aromatic rings. The zero-order valence-corrected chi connectivity index (χ0v) is 22.2. The fourth-order valence-corrected chi connectivity index (χ4v) is 8.06. The molecule has 0 aliphatic rings. The average molecular weight is 547 g/mol. The standard InChI is InChI=1S/C28H35O6Se/c1-29-16-18-31-20-22-33-25-12-6-8-14-27(25)35(24-10-4-3-5-11-24)28-15-9-7-13-26(28)34-23-21-32-19-17-30-2/h3-15H,16-23H2,1-2H3/q+1. The quantitative estimate of drug-likeness (QED) is 0.191. The third-order valence-corrected chi connectivity index (χ3v) is 9.77. The second-order valence-corrected chi connectivity index (χ2v) is 11.5. The number of para-hydroxylation sites is 2. The molecule has 0 fully saturated rings. The van der Waals surface area contributed by atoms with E-state index in [9.17, 15) is 0 Å². The van der Waals surface area contributed by atoms with E-state index in [1.807, 2.05) is 30.3 Å². The SMILES string of the molecule is COCCOCCOc1ccccc1[Se+](c1ccccc1)c1ccccc1OCCOCCOC. The first-order valence-electron chi connectivity index (χ1n) is 11.7. The van der Waals surface area contributed by atoms with Crippen molar-refractivity contribution < 1.29 is 28.4 Å². The van der Waals surface area contributed by atoms with Gasteiger partial charge in [-0.2, -0.15) is 0 Å². The van der Waals surface area contributed by atoms with Gasteiger partial charge in [-0.3, -0.25) is 0 Å². The fraction of sp³-hybridized carbons (Fsp3) is 0.357. The van der Waals surface area contributed by atoms with Gasteiger partial charge in [0.15, 0.2) is 0 Å². The summed E-state index contributed by atoms with van der Waals surface area (Å²) in [4.78, 5) is 0. The van der Waals surface area contributed by atoms with E-state index in [-0.39, 0.29) is 0 Å². The van der Waals surface area contributed by atoms with E-state index in [0.29, 0.717) is 52.9 Å². The number of ether oxygens (including phenoxy) is 6. The monoisotopic (exact) mass is 547 g/mol. The van der Waals surface area contributed by atoms with Gasteiger partial charge < -0.3 is 0 Å². The summed E-state index contributed by atoms with van der Waals surface area (Å²) in [5, 5.41) is 0. The molecular formula is C28H35O6Se+. The number of hydrogen-bond donors (Lipinski definition) is 0. The van der Waals surface area contributed by atoms with Crippen LogP contribution in [0.2, 0.25) is 0 Å². The van der Waals surface area contributed by atoms with E-state index in [4.69, 9.17) is 28.4 Å². The topological polar surface area (TPSA) is 55.4 Å². The fourth-order valence-electron chi connectivity index (χ4n) is 3.31. The van der Waals surface area contributed by atoms with Gasteiger partial charge in [0.2, 0.25) is 0 Å². The van der Waals surface area contributed by atoms with Crippen molar-refractivity contribution in [3.8, 4) is 11.5 Å². The third-order valence-electron chi connectivity index (χ3n) is 4.95. The molecule has 188 valence electrons. The molecule has 0 radical (unpaired) electrons. The number of methoxy groups -OCH3 is 2. The van der Waals surface area contributed by atoms with Crippen LogP contribution >= 0.6 is 0 Å². The Bertz CT molecular complexity index is 909. The summed E-state index contributed by atoms with van der Waals surface area (Å²) in [5.41, 5.74) is 0. The Morgan fingerprint density at radius 2 is 0.914 bits per heavy atom. The minimum absolute atomic E-state index is 0.478. The molecule has 0 saturated heterocycles. The van der Waals surface area contributed by atoms with Crippen molar-refractivity contribution in [2.75, 3.05) is 67.1 Å². The van der Waals surface area contributed by atoms with Crippen LogP contribution in [0, 0.1) is 0 Å². The summed E-state index contributed by atoms with van der Waals surface area (Å²) < 4.78 is 37.3. The Kier molecular flexibility index (Phi) is 12.7. The van der Waals surface area contributed by atoms with E-state index in [2.05, 4.69) is 48.5 Å². The van der Waals surface area contributed by atoms with Crippen LogP contribution in [0.1, 0.15) is 0 Å². The molecule has 0 saturated carbocycles. The van der Waals surface area contributed by atoms with Gasteiger partial charge in [-0.05, 0) is 0 Å². The first-order chi connectivity index (χ1) is 17.3. The molecule has 3 rings (SSSR count). The molecule has 3 aromatic carbocycles. The van der Waals surface area contributed by atoms with Crippen molar-refractivity contribution in [2.24, 2.45) is 0 Å². The van der Waals surface area contributed by atoms with Crippen LogP contribution in [-0.4, -0.2) is 81.0 Å². The van der Waals surface area contributed by atoms with Crippen LogP contribution in [-0.2, 0) is 18.9 Å². The zero-order valence-electron chi connectivity index (χ0n) is 20.5. The minimum atomic E-state index is -1.72. The van der Waals surface area contributed by atoms with Gasteiger partial charge in [-0.1, -0.05) is 0 Å². The summed E-state index contributed by atoms with van der Waals surface area (Å²) in [6.45, 7) is 4.24. The predicted octanol–water partition coefficient (Wildman–Crippen LogP) is 2.29. The Balaban J connectivity index is 1.82. The second kappa shape index (κ2) is 16.3. The van der Waals surface area contributed by atoms with E-state index >= 15 is 0 Å². The second-order valence-electron chi connectivity index (χ2n) is 7.42. The van der Waals surface area contributed by atoms with E-state index in [1.165, 1.54) is 13.4 Å². The summed E-state index contributed by atoms with van der Waals surface area (Å²) in [6, 6.07) is 27.2. The molecule has 35 heavy (non-hydrogen) atoms. The number of benzene rings is 3. The van der Waals surface area contributed by atoms with Gasteiger partial charge in [-0.15, -0.1) is 0 Å². The predicted molar refractivity (Wildman–Crippen MR) is 140 cm³/mol. The van der Waals surface area contributed by atoms with E-state index in [1.54, 1.807) is 14.2 Å². The molecule has 0 N–H and O–H groups in total. The van der Waals surface area contributed by atoms with Gasteiger partial charge >= 0.3 is 213 Å². The third kappa shape index (κ3) is 8.97. The van der Waals surface area contributed by atoms with Crippen LogP contribution in [0.4, 0.5) is 0 Å². The first kappa shape index (κ1) is 27.2. The van der Waals surface area contributed by atoms with Crippen molar-refractivity contribution in [3.05, 3.63) is 78.9 Å². The van der Waals surface area contributed by atoms with Crippen LogP contribution in [0.15, 0.2) is 78.9 Å². The molecule has 0 bridgehead atoms. The number of rotatable bonds is 17. The van der Waals surface area contributed by atoms with Gasteiger partial charge in [0, 0.05) is 0 Å². The molecule has 7 heteroatoms. The molecule has 0 atom stereocenters. The maximum absolute atomic E-state index is 6.21. The Morgan fingerprint density at radius 1 is 0.486 bits per heavy atom. The molecule has 0 spiro atoms. The summed E-state index contributed by atoms with van der Waals surface area (Å²) in [7, 11) is 3.33. The van der Waals surface area contributed by atoms with Crippen molar-refractivity contribution in [3.63, 3.8) is 0 Å². The normalized spacial score (nSPS) is 11.1.